The van der Waals surface area contributed by atoms with Crippen LogP contribution in [0.2, 0.25) is 0 Å². The van der Waals surface area contributed by atoms with E-state index < -0.39 is 95.0 Å². The van der Waals surface area contributed by atoms with Crippen molar-refractivity contribution < 1.29 is 87.7 Å². The van der Waals surface area contributed by atoms with Gasteiger partial charge in [-0.05, 0) is 115 Å². The predicted molar refractivity (Wildman–Crippen MR) is 230 cm³/mol. The Bertz CT molecular complexity index is 1770. The number of carboxylic acids is 1. The molecule has 63 heavy (non-hydrogen) atoms. The van der Waals surface area contributed by atoms with Crippen LogP contribution in [-0.2, 0) is 38.0 Å². The number of esters is 1. The number of carbonyl (C=O) groups is 3. The maximum atomic E-state index is 14.7. The maximum Gasteiger partial charge on any atom is 1.00 e. The first-order valence-corrected chi connectivity index (χ1v) is 23.7. The number of aliphatic hydroxyl groups is 2. The molecule has 348 valence electrons. The summed E-state index contributed by atoms with van der Waals surface area (Å²) in [7, 11) is 0. The molecule has 2 spiro atoms. The number of Topliss-reactive ketones (excluding diaryl/α,β-unsaturated/α-hetero) is 1. The molecule has 4 fully saturated rings. The van der Waals surface area contributed by atoms with Gasteiger partial charge in [0.15, 0.2) is 11.9 Å². The summed E-state index contributed by atoms with van der Waals surface area (Å²) in [6, 6.07) is 7.21. The number of hydrogen-bond donors (Lipinski definition) is 2. The molecule has 2 N–H and O–H groups in total. The van der Waals surface area contributed by atoms with Gasteiger partial charge in [0.25, 0.3) is 0 Å². The maximum absolute atomic E-state index is 14.7. The molecule has 0 amide bonds. The minimum Gasteiger partial charge on any atom is -0.550 e. The topological polar surface area (TPSA) is 170 Å². The van der Waals surface area contributed by atoms with E-state index in [9.17, 15) is 29.7 Å². The number of ketones is 1. The summed E-state index contributed by atoms with van der Waals surface area (Å²) < 4.78 is 40.7. The zero-order chi connectivity index (χ0) is 45.5. The van der Waals surface area contributed by atoms with E-state index in [2.05, 4.69) is 13.8 Å². The van der Waals surface area contributed by atoms with Crippen LogP contribution in [0.25, 0.3) is 0 Å². The summed E-state index contributed by atoms with van der Waals surface area (Å²) >= 11 is 0. The Morgan fingerprint density at radius 1 is 0.889 bits per heavy atom. The van der Waals surface area contributed by atoms with Gasteiger partial charge in [-0.1, -0.05) is 73.1 Å². The molecule has 0 unspecified atom stereocenters. The first-order chi connectivity index (χ1) is 29.2. The number of carboxylic acid groups (broad SMARTS) is 1. The van der Waals surface area contributed by atoms with Crippen LogP contribution < -0.4 is 34.7 Å². The molecule has 5 heterocycles. The average molecular weight is 891 g/mol. The van der Waals surface area contributed by atoms with Crippen molar-refractivity contribution in [2.45, 2.75) is 206 Å². The summed E-state index contributed by atoms with van der Waals surface area (Å²) in [5, 5.41) is 35.0. The Kier molecular flexibility index (Phi) is 17.1. The summed E-state index contributed by atoms with van der Waals surface area (Å²) in [5.74, 6) is -7.23. The number of aliphatic carboxylic acids is 1. The molecular formula is C50H75NaO12. The largest absolute Gasteiger partial charge is 1.00 e. The van der Waals surface area contributed by atoms with E-state index in [0.29, 0.717) is 63.4 Å². The number of hydrogen-bond acceptors (Lipinski definition) is 12. The van der Waals surface area contributed by atoms with E-state index in [-0.39, 0.29) is 59.2 Å². The number of aliphatic hydroxyl groups excluding tert-OH is 1. The van der Waals surface area contributed by atoms with Crippen LogP contribution in [0.15, 0.2) is 36.4 Å². The van der Waals surface area contributed by atoms with Crippen LogP contribution in [-0.4, -0.2) is 93.4 Å². The molecular weight excluding hydrogens is 816 g/mol. The number of aryl methyl sites for hydroxylation is 1. The minimum absolute atomic E-state index is 0. The molecule has 13 heteroatoms. The standard InChI is InChI=1S/C50H76O12.Na/c1-12-36(45(53)54)38-20-17-29(5)43(58-38)33(9)41(51)32(8)42(52)37(13-2)44-30(6)27-31(7)49(60-44)24-22-40(59-46(55)35-18-15-28(4)16-19-35)50(62-49)26-25-47(11,61-50)39-21-23-48(56,14-3)34(10)57-39;/h15-16,18-19,22,24,29-34,36-41,43-44,51,56H,12-14,17,20-21,23,25-27H2,1-11H3,(H,53,54);/q;+1/p-1/t29-,30-,31+,32-,33-,34-,36+,37-,38+,39+,40+,41+,43+,44-,47-,48+,49-,50-;/m0./s1. The van der Waals surface area contributed by atoms with Gasteiger partial charge in [0.1, 0.15) is 5.78 Å². The quantitative estimate of drug-likeness (QED) is 0.157. The first-order valence-electron chi connectivity index (χ1n) is 23.7. The van der Waals surface area contributed by atoms with Crippen molar-refractivity contribution in [3.63, 3.8) is 0 Å². The molecule has 0 saturated carbocycles. The van der Waals surface area contributed by atoms with Crippen molar-refractivity contribution in [3.8, 4) is 0 Å². The molecule has 12 nitrogen and oxygen atoms in total. The van der Waals surface area contributed by atoms with E-state index in [4.69, 9.17) is 28.4 Å². The first kappa shape index (κ1) is 52.3. The normalized spacial score (nSPS) is 40.4. The fourth-order valence-electron chi connectivity index (χ4n) is 11.5. The molecule has 0 radical (unpaired) electrons. The Morgan fingerprint density at radius 2 is 1.56 bits per heavy atom. The van der Waals surface area contributed by atoms with Crippen LogP contribution in [0.3, 0.4) is 0 Å². The van der Waals surface area contributed by atoms with Gasteiger partial charge in [-0.15, -0.1) is 0 Å². The molecule has 1 aromatic rings. The van der Waals surface area contributed by atoms with Crippen LogP contribution in [0, 0.1) is 48.3 Å². The van der Waals surface area contributed by atoms with E-state index >= 15 is 0 Å². The fourth-order valence-corrected chi connectivity index (χ4v) is 11.5. The summed E-state index contributed by atoms with van der Waals surface area (Å²) in [4.78, 5) is 40.3. The third-order valence-electron chi connectivity index (χ3n) is 15.9. The van der Waals surface area contributed by atoms with Gasteiger partial charge >= 0.3 is 35.5 Å². The van der Waals surface area contributed by atoms with Gasteiger partial charge in [-0.25, -0.2) is 4.79 Å². The molecule has 6 rings (SSSR count). The zero-order valence-electron chi connectivity index (χ0n) is 40.1. The van der Waals surface area contributed by atoms with E-state index in [1.807, 2.05) is 79.7 Å². The Balaban J connectivity index is 0.00000748. The molecule has 0 aromatic heterocycles. The molecule has 18 atom stereocenters. The number of benzene rings is 1. The number of carbonyl (C=O) groups excluding carboxylic acids is 3. The zero-order valence-corrected chi connectivity index (χ0v) is 42.1. The number of rotatable bonds is 14. The Morgan fingerprint density at radius 3 is 2.16 bits per heavy atom. The van der Waals surface area contributed by atoms with Crippen LogP contribution in [0.5, 0.6) is 0 Å². The van der Waals surface area contributed by atoms with E-state index in [1.165, 1.54) is 0 Å². The van der Waals surface area contributed by atoms with Crippen LogP contribution in [0.4, 0.5) is 0 Å². The van der Waals surface area contributed by atoms with Gasteiger partial charge in [-0.2, -0.15) is 0 Å². The SMILES string of the molecule is CC[C@@H](C(=O)[C@@H](C)[C@@H](O)[C@H](C)[C@@H]1O[C@@H]([C@@H](CC)C(=O)[O-])CC[C@@H]1C)[C@H]1O[C@]2(C=C[C@@H](OC(=O)c3ccc(C)cc3)[C@]3(CC[C@@](C)([C@H]4CC[C@](O)(CC)[C@H](C)O4)O3)O2)[C@H](C)C[C@@H]1C.[Na+]. The smallest absolute Gasteiger partial charge is 0.550 e. The van der Waals surface area contributed by atoms with E-state index in [0.717, 1.165) is 12.0 Å². The minimum atomic E-state index is -1.46. The molecule has 0 aliphatic carbocycles. The van der Waals surface area contributed by atoms with Crippen molar-refractivity contribution in [2.24, 2.45) is 41.4 Å². The third kappa shape index (κ3) is 10.4. The molecule has 5 aliphatic heterocycles. The Hall–Kier alpha value is -1.71. The monoisotopic (exact) mass is 891 g/mol. The number of ether oxygens (including phenoxy) is 6. The van der Waals surface area contributed by atoms with Gasteiger partial charge in [-0.3, -0.25) is 4.79 Å². The van der Waals surface area contributed by atoms with Crippen LogP contribution in [0.1, 0.15) is 149 Å². The third-order valence-corrected chi connectivity index (χ3v) is 15.9. The van der Waals surface area contributed by atoms with Crippen molar-refractivity contribution >= 4 is 17.7 Å². The molecule has 0 bridgehead atoms. The van der Waals surface area contributed by atoms with E-state index in [1.54, 1.807) is 19.1 Å². The second-order valence-corrected chi connectivity index (χ2v) is 20.1. The van der Waals surface area contributed by atoms with Gasteiger partial charge < -0.3 is 48.5 Å². The molecule has 5 aliphatic rings. The van der Waals surface area contributed by atoms with Crippen molar-refractivity contribution in [1.82, 2.24) is 0 Å². The second kappa shape index (κ2) is 20.7. The van der Waals surface area contributed by atoms with Gasteiger partial charge in [0, 0.05) is 42.0 Å². The van der Waals surface area contributed by atoms with Crippen molar-refractivity contribution in [3.05, 3.63) is 47.5 Å². The fraction of sp³-hybridized carbons (Fsp3) is 0.780. The second-order valence-electron chi connectivity index (χ2n) is 20.1. The van der Waals surface area contributed by atoms with Crippen LogP contribution >= 0.6 is 0 Å². The summed E-state index contributed by atoms with van der Waals surface area (Å²) in [6.07, 6.45) is 4.89. The van der Waals surface area contributed by atoms with Crippen molar-refractivity contribution in [2.75, 3.05) is 0 Å². The van der Waals surface area contributed by atoms with Crippen molar-refractivity contribution in [1.29, 1.82) is 0 Å². The summed E-state index contributed by atoms with van der Waals surface area (Å²) in [6.45, 7) is 21.4. The predicted octanol–water partition coefficient (Wildman–Crippen LogP) is 4.03. The summed E-state index contributed by atoms with van der Waals surface area (Å²) in [5.41, 5.74) is -0.353. The molecule has 1 aromatic carbocycles. The van der Waals surface area contributed by atoms with Gasteiger partial charge in [0.05, 0.1) is 53.4 Å². The Labute approximate surface area is 398 Å². The average Bonchev–Trinajstić information content (AvgIpc) is 3.58. The molecule has 4 saturated heterocycles. The van der Waals surface area contributed by atoms with Gasteiger partial charge in [0.2, 0.25) is 5.79 Å².